The summed E-state index contributed by atoms with van der Waals surface area (Å²) in [6.45, 7) is 1.83. The van der Waals surface area contributed by atoms with E-state index in [0.717, 1.165) is 9.13 Å². The predicted molar refractivity (Wildman–Crippen MR) is 81.9 cm³/mol. The van der Waals surface area contributed by atoms with Crippen LogP contribution in [0.4, 0.5) is 0 Å². The summed E-state index contributed by atoms with van der Waals surface area (Å²) in [5.74, 6) is -0.0138. The summed E-state index contributed by atoms with van der Waals surface area (Å²) in [4.78, 5) is 12.0. The lowest BCUT2D eigenvalue weighted by molar-refractivity contribution is -0.115. The van der Waals surface area contributed by atoms with Crippen LogP contribution in [0.3, 0.4) is 0 Å². The van der Waals surface area contributed by atoms with Crippen molar-refractivity contribution in [1.82, 2.24) is 5.32 Å². The van der Waals surface area contributed by atoms with Gasteiger partial charge in [0, 0.05) is 9.13 Å². The fourth-order valence-corrected chi connectivity index (χ4v) is 3.27. The molecule has 17 heavy (non-hydrogen) atoms. The van der Waals surface area contributed by atoms with Crippen LogP contribution in [0.15, 0.2) is 17.0 Å². The quantitative estimate of drug-likeness (QED) is 0.449. The number of hydrogen-bond acceptors (Lipinski definition) is 4. The molecule has 0 spiro atoms. The Morgan fingerprint density at radius 1 is 1.53 bits per heavy atom. The number of phenols is 1. The molecule has 0 aliphatic carbocycles. The molecule has 0 unspecified atom stereocenters. The van der Waals surface area contributed by atoms with Gasteiger partial charge >= 0.3 is 0 Å². The fourth-order valence-electron chi connectivity index (χ4n) is 1.43. The second kappa shape index (κ2) is 4.95. The number of carbonyl (C=O) groups is 1. The third kappa shape index (κ3) is 2.80. The lowest BCUT2D eigenvalue weighted by Gasteiger charge is -2.04. The number of thiocarbonyl (C=S) groups is 1. The monoisotopic (exact) mass is 377 g/mol. The lowest BCUT2D eigenvalue weighted by Crippen LogP contribution is -2.17. The number of hydrogen-bond donors (Lipinski definition) is 2. The first-order valence-corrected chi connectivity index (χ1v) is 7.01. The number of aryl methyl sites for hydroxylation is 1. The average Bonchev–Trinajstić information content (AvgIpc) is 2.53. The van der Waals surface area contributed by atoms with Gasteiger partial charge < -0.3 is 10.4 Å². The number of halogens is 1. The summed E-state index contributed by atoms with van der Waals surface area (Å²) in [5, 5.41) is 12.5. The van der Waals surface area contributed by atoms with Crippen molar-refractivity contribution in [3.05, 3.63) is 31.7 Å². The minimum absolute atomic E-state index is 0.198. The molecule has 6 heteroatoms. The maximum absolute atomic E-state index is 11.5. The van der Waals surface area contributed by atoms with Crippen LogP contribution in [0.2, 0.25) is 0 Å². The Morgan fingerprint density at radius 3 is 2.82 bits per heavy atom. The van der Waals surface area contributed by atoms with Crippen LogP contribution in [-0.2, 0) is 4.79 Å². The highest BCUT2D eigenvalue weighted by Crippen LogP contribution is 2.31. The maximum atomic E-state index is 11.5. The van der Waals surface area contributed by atoms with Gasteiger partial charge in [0.1, 0.15) is 10.1 Å². The van der Waals surface area contributed by atoms with E-state index in [0.29, 0.717) is 14.8 Å². The number of thioether (sulfide) groups is 1. The second-order valence-corrected chi connectivity index (χ2v) is 6.48. The van der Waals surface area contributed by atoms with Crippen molar-refractivity contribution in [2.45, 2.75) is 6.92 Å². The molecule has 2 rings (SSSR count). The molecule has 0 atom stereocenters. The summed E-state index contributed by atoms with van der Waals surface area (Å²) in [5.41, 5.74) is 1.42. The van der Waals surface area contributed by atoms with Crippen molar-refractivity contribution in [2.75, 3.05) is 0 Å². The van der Waals surface area contributed by atoms with E-state index in [1.807, 2.05) is 19.1 Å². The van der Waals surface area contributed by atoms with Gasteiger partial charge in [-0.05, 0) is 53.3 Å². The van der Waals surface area contributed by atoms with Crippen LogP contribution in [0.25, 0.3) is 6.08 Å². The van der Waals surface area contributed by atoms with Crippen molar-refractivity contribution in [2.24, 2.45) is 0 Å². The van der Waals surface area contributed by atoms with Gasteiger partial charge in [-0.3, -0.25) is 4.79 Å². The van der Waals surface area contributed by atoms with E-state index in [9.17, 15) is 9.90 Å². The molecule has 1 saturated heterocycles. The molecule has 1 aromatic rings. The topological polar surface area (TPSA) is 49.3 Å². The molecule has 1 heterocycles. The summed E-state index contributed by atoms with van der Waals surface area (Å²) in [6, 6.07) is 3.70. The van der Waals surface area contributed by atoms with Crippen molar-refractivity contribution in [3.63, 3.8) is 0 Å². The normalized spacial score (nSPS) is 17.6. The van der Waals surface area contributed by atoms with E-state index in [-0.39, 0.29) is 11.7 Å². The van der Waals surface area contributed by atoms with Gasteiger partial charge in [0.05, 0.1) is 4.91 Å². The molecule has 0 radical (unpaired) electrons. The highest BCUT2D eigenvalue weighted by atomic mass is 127. The Bertz CT molecular complexity index is 555. The molecule has 2 N–H and O–H groups in total. The van der Waals surface area contributed by atoms with E-state index < -0.39 is 0 Å². The van der Waals surface area contributed by atoms with Gasteiger partial charge in [-0.2, -0.15) is 0 Å². The standard InChI is InChI=1S/C11H8INO2S2/c1-5-2-7(12)3-6(9(5)14)4-8-10(15)13-11(16)17-8/h2-4,14H,1H3,(H,13,15,16)/b8-4+. The molecule has 0 aromatic heterocycles. The molecule has 1 amide bonds. The zero-order chi connectivity index (χ0) is 12.6. The molecule has 1 aliphatic rings. The van der Waals surface area contributed by atoms with E-state index in [2.05, 4.69) is 27.9 Å². The highest BCUT2D eigenvalue weighted by molar-refractivity contribution is 14.1. The number of carbonyl (C=O) groups excluding carboxylic acids is 1. The van der Waals surface area contributed by atoms with Crippen LogP contribution in [0.5, 0.6) is 5.75 Å². The Labute approximate surface area is 122 Å². The smallest absolute Gasteiger partial charge is 0.263 e. The van der Waals surface area contributed by atoms with Gasteiger partial charge in [0.15, 0.2) is 0 Å². The molecular weight excluding hydrogens is 369 g/mol. The van der Waals surface area contributed by atoms with Crippen molar-refractivity contribution < 1.29 is 9.90 Å². The Morgan fingerprint density at radius 2 is 2.24 bits per heavy atom. The maximum Gasteiger partial charge on any atom is 0.263 e. The van der Waals surface area contributed by atoms with E-state index >= 15 is 0 Å². The third-order valence-corrected chi connectivity index (χ3v) is 4.01. The molecule has 88 valence electrons. The molecule has 3 nitrogen and oxygen atoms in total. The van der Waals surface area contributed by atoms with Gasteiger partial charge in [0.25, 0.3) is 5.91 Å². The summed E-state index contributed by atoms with van der Waals surface area (Å²) in [7, 11) is 0. The van der Waals surface area contributed by atoms with Crippen LogP contribution < -0.4 is 5.32 Å². The first kappa shape index (κ1) is 12.8. The largest absolute Gasteiger partial charge is 0.507 e. The van der Waals surface area contributed by atoms with E-state index in [1.54, 1.807) is 6.08 Å². The fraction of sp³-hybridized carbons (Fsp3) is 0.0909. The van der Waals surface area contributed by atoms with E-state index in [1.165, 1.54) is 11.8 Å². The van der Waals surface area contributed by atoms with Crippen LogP contribution >= 0.6 is 46.6 Å². The summed E-state index contributed by atoms with van der Waals surface area (Å²) >= 11 is 8.28. The van der Waals surface area contributed by atoms with Crippen molar-refractivity contribution in [1.29, 1.82) is 0 Å². The van der Waals surface area contributed by atoms with Gasteiger partial charge in [-0.25, -0.2) is 0 Å². The van der Waals surface area contributed by atoms with Gasteiger partial charge in [-0.15, -0.1) is 0 Å². The molecular formula is C11H8INO2S2. The second-order valence-electron chi connectivity index (χ2n) is 3.51. The van der Waals surface area contributed by atoms with Crippen LogP contribution in [-0.4, -0.2) is 15.3 Å². The number of nitrogens with one attached hydrogen (secondary N) is 1. The number of benzene rings is 1. The Hall–Kier alpha value is -0.600. The SMILES string of the molecule is Cc1cc(I)cc(/C=C2/SC(=S)NC2=O)c1O. The molecule has 0 saturated carbocycles. The zero-order valence-electron chi connectivity index (χ0n) is 8.78. The van der Waals surface area contributed by atoms with Crippen LogP contribution in [0, 0.1) is 10.5 Å². The van der Waals surface area contributed by atoms with Gasteiger partial charge in [-0.1, -0.05) is 24.0 Å². The minimum Gasteiger partial charge on any atom is -0.507 e. The Kier molecular flexibility index (Phi) is 3.74. The minimum atomic E-state index is -0.212. The number of amides is 1. The third-order valence-electron chi connectivity index (χ3n) is 2.22. The number of aromatic hydroxyl groups is 1. The van der Waals surface area contributed by atoms with Crippen molar-refractivity contribution in [3.8, 4) is 5.75 Å². The predicted octanol–water partition coefficient (Wildman–Crippen LogP) is 2.79. The van der Waals surface area contributed by atoms with E-state index in [4.69, 9.17) is 12.2 Å². The lowest BCUT2D eigenvalue weighted by atomic mass is 10.1. The summed E-state index contributed by atoms with van der Waals surface area (Å²) < 4.78 is 1.46. The molecule has 1 fully saturated rings. The zero-order valence-corrected chi connectivity index (χ0v) is 12.6. The molecule has 1 aliphatic heterocycles. The highest BCUT2D eigenvalue weighted by Gasteiger charge is 2.22. The Balaban J connectivity index is 2.46. The number of rotatable bonds is 1. The number of phenolic OH excluding ortho intramolecular Hbond substituents is 1. The first-order valence-electron chi connectivity index (χ1n) is 4.71. The average molecular weight is 377 g/mol. The molecule has 0 bridgehead atoms. The first-order chi connectivity index (χ1) is 7.97. The van der Waals surface area contributed by atoms with Crippen molar-refractivity contribution >= 4 is 62.9 Å². The van der Waals surface area contributed by atoms with Crippen LogP contribution in [0.1, 0.15) is 11.1 Å². The van der Waals surface area contributed by atoms with Gasteiger partial charge in [0.2, 0.25) is 0 Å². The summed E-state index contributed by atoms with van der Waals surface area (Å²) in [6.07, 6.45) is 1.66. The molecule has 1 aromatic carbocycles.